The molecule has 0 bridgehead atoms. The van der Waals surface area contributed by atoms with Gasteiger partial charge in [0, 0.05) is 0 Å². The van der Waals surface area contributed by atoms with E-state index in [0.29, 0.717) is 46.4 Å². The fourth-order valence-corrected chi connectivity index (χ4v) is 4.83. The van der Waals surface area contributed by atoms with Crippen LogP contribution in [0.3, 0.4) is 0 Å². The summed E-state index contributed by atoms with van der Waals surface area (Å²) in [4.78, 5) is 39.3. The Morgan fingerprint density at radius 2 is 1.61 bits per heavy atom. The molecule has 3 aromatic rings. The summed E-state index contributed by atoms with van der Waals surface area (Å²) in [5.41, 5.74) is 2.95. The number of carbonyl (C=O) groups is 3. The molecule has 8 nitrogen and oxygen atoms in total. The Kier molecular flexibility index (Phi) is 9.83. The topological polar surface area (TPSA) is 94.2 Å². The van der Waals surface area contributed by atoms with Crippen LogP contribution in [0.15, 0.2) is 70.7 Å². The fraction of sp³-hybridized carbons (Fsp3) is 0.281. The molecule has 1 aliphatic rings. The maximum absolute atomic E-state index is 13.3. The Labute approximate surface area is 248 Å². The van der Waals surface area contributed by atoms with Crippen LogP contribution >= 0.6 is 15.9 Å². The highest BCUT2D eigenvalue weighted by Crippen LogP contribution is 2.38. The van der Waals surface area contributed by atoms with E-state index in [0.717, 1.165) is 22.6 Å². The number of anilines is 1. The van der Waals surface area contributed by atoms with Crippen molar-refractivity contribution in [1.29, 1.82) is 0 Å². The normalized spacial score (nSPS) is 15.1. The molecule has 3 aromatic carbocycles. The van der Waals surface area contributed by atoms with Crippen molar-refractivity contribution in [2.24, 2.45) is 0 Å². The van der Waals surface area contributed by atoms with Crippen molar-refractivity contribution in [2.75, 3.05) is 24.7 Å². The molecule has 1 aliphatic heterocycles. The molecule has 41 heavy (non-hydrogen) atoms. The summed E-state index contributed by atoms with van der Waals surface area (Å²) in [6, 6.07) is 17.6. The van der Waals surface area contributed by atoms with E-state index in [-0.39, 0.29) is 12.2 Å². The number of nitrogens with one attached hydrogen (secondary N) is 1. The molecule has 1 saturated heterocycles. The third-order valence-corrected chi connectivity index (χ3v) is 7.29. The molecule has 0 spiro atoms. The van der Waals surface area contributed by atoms with Crippen molar-refractivity contribution in [3.63, 3.8) is 0 Å². The zero-order valence-electron chi connectivity index (χ0n) is 23.5. The van der Waals surface area contributed by atoms with Crippen LogP contribution in [0.2, 0.25) is 0 Å². The lowest BCUT2D eigenvalue weighted by atomic mass is 9.99. The smallest absolute Gasteiger partial charge is 0.335 e. The minimum Gasteiger partial charge on any atom is -0.490 e. The predicted molar refractivity (Wildman–Crippen MR) is 162 cm³/mol. The Hall–Kier alpha value is -4.11. The average molecular weight is 622 g/mol. The lowest BCUT2D eigenvalue weighted by Crippen LogP contribution is -2.54. The maximum Gasteiger partial charge on any atom is 0.335 e. The van der Waals surface area contributed by atoms with Gasteiger partial charge >= 0.3 is 6.03 Å². The highest BCUT2D eigenvalue weighted by Gasteiger charge is 2.36. The number of halogens is 1. The number of carbonyl (C=O) groups excluding carboxylic acids is 3. The quantitative estimate of drug-likeness (QED) is 0.144. The van der Waals surface area contributed by atoms with Crippen LogP contribution in [0.5, 0.6) is 17.2 Å². The highest BCUT2D eigenvalue weighted by molar-refractivity contribution is 9.10. The minimum atomic E-state index is -0.797. The summed E-state index contributed by atoms with van der Waals surface area (Å²) in [5, 5.41) is 2.25. The number of urea groups is 1. The molecule has 1 unspecified atom stereocenters. The van der Waals surface area contributed by atoms with Crippen molar-refractivity contribution in [3.8, 4) is 17.2 Å². The first-order chi connectivity index (χ1) is 19.7. The Balaban J connectivity index is 1.49. The van der Waals surface area contributed by atoms with Crippen LogP contribution in [0.4, 0.5) is 10.5 Å². The van der Waals surface area contributed by atoms with Crippen molar-refractivity contribution < 1.29 is 28.6 Å². The first-order valence-electron chi connectivity index (χ1n) is 13.5. The molecule has 0 aliphatic carbocycles. The minimum absolute atomic E-state index is 0.180. The van der Waals surface area contributed by atoms with E-state index >= 15 is 0 Å². The average Bonchev–Trinajstić information content (AvgIpc) is 2.95. The van der Waals surface area contributed by atoms with Crippen LogP contribution in [-0.4, -0.2) is 37.7 Å². The highest BCUT2D eigenvalue weighted by atomic mass is 79.9. The standard InChI is InChI=1S/C32H33BrN2O6/c1-5-21(4)23-9-13-25(14-10-23)40-15-16-41-29-27(33)18-22(19-28(29)39-6-2)17-26-30(36)34-32(38)35(31(26)37)24-11-7-20(3)8-12-24/h7-14,17-19,21H,5-6,15-16H2,1-4H3,(H,34,36,38)/b26-17+. The number of benzene rings is 3. The van der Waals surface area contributed by atoms with Gasteiger partial charge in [0.25, 0.3) is 11.8 Å². The molecular weight excluding hydrogens is 588 g/mol. The van der Waals surface area contributed by atoms with Crippen LogP contribution in [0, 0.1) is 6.92 Å². The number of hydrogen-bond acceptors (Lipinski definition) is 6. The molecule has 0 aromatic heterocycles. The molecule has 4 amide bonds. The van der Waals surface area contributed by atoms with Gasteiger partial charge in [-0.25, -0.2) is 9.69 Å². The number of nitrogens with zero attached hydrogens (tertiary/aromatic N) is 1. The van der Waals surface area contributed by atoms with Gasteiger partial charge in [-0.2, -0.15) is 0 Å². The first kappa shape index (κ1) is 29.9. The molecule has 1 atom stereocenters. The fourth-order valence-electron chi connectivity index (χ4n) is 4.26. The van der Waals surface area contributed by atoms with E-state index in [1.54, 1.807) is 36.4 Å². The number of aryl methyl sites for hydroxylation is 1. The second-order valence-corrected chi connectivity index (χ2v) is 10.5. The van der Waals surface area contributed by atoms with Crippen molar-refractivity contribution >= 4 is 45.5 Å². The van der Waals surface area contributed by atoms with Crippen molar-refractivity contribution in [3.05, 3.63) is 87.4 Å². The van der Waals surface area contributed by atoms with Gasteiger partial charge in [-0.15, -0.1) is 0 Å². The second kappa shape index (κ2) is 13.5. The molecule has 4 rings (SSSR count). The third-order valence-electron chi connectivity index (χ3n) is 6.70. The molecule has 1 N–H and O–H groups in total. The summed E-state index contributed by atoms with van der Waals surface area (Å²) in [7, 11) is 0. The molecule has 0 radical (unpaired) electrons. The third kappa shape index (κ3) is 7.16. The van der Waals surface area contributed by atoms with Gasteiger partial charge in [0.1, 0.15) is 24.5 Å². The monoisotopic (exact) mass is 620 g/mol. The summed E-state index contributed by atoms with van der Waals surface area (Å²) < 4.78 is 18.2. The van der Waals surface area contributed by atoms with Crippen LogP contribution in [-0.2, 0) is 9.59 Å². The predicted octanol–water partition coefficient (Wildman–Crippen LogP) is 6.79. The van der Waals surface area contributed by atoms with Gasteiger partial charge in [-0.3, -0.25) is 14.9 Å². The maximum atomic E-state index is 13.3. The molecule has 1 heterocycles. The summed E-state index contributed by atoms with van der Waals surface area (Å²) >= 11 is 3.53. The van der Waals surface area contributed by atoms with E-state index in [4.69, 9.17) is 14.2 Å². The largest absolute Gasteiger partial charge is 0.490 e. The van der Waals surface area contributed by atoms with Crippen LogP contribution in [0.25, 0.3) is 6.08 Å². The van der Waals surface area contributed by atoms with Crippen molar-refractivity contribution in [2.45, 2.75) is 40.0 Å². The zero-order valence-corrected chi connectivity index (χ0v) is 25.1. The lowest BCUT2D eigenvalue weighted by Gasteiger charge is -2.26. The Morgan fingerprint density at radius 3 is 2.27 bits per heavy atom. The van der Waals surface area contributed by atoms with Crippen LogP contribution in [0.1, 0.15) is 49.8 Å². The SMILES string of the molecule is CCOc1cc(/C=C2\C(=O)NC(=O)N(c3ccc(C)cc3)C2=O)cc(Br)c1OCCOc1ccc(C(C)CC)cc1. The number of imide groups is 2. The number of barbiturate groups is 1. The molecule has 1 fully saturated rings. The molecule has 214 valence electrons. The number of rotatable bonds is 11. The lowest BCUT2D eigenvalue weighted by molar-refractivity contribution is -0.122. The summed E-state index contributed by atoms with van der Waals surface area (Å²) in [6.07, 6.45) is 2.50. The second-order valence-electron chi connectivity index (χ2n) is 9.63. The van der Waals surface area contributed by atoms with Crippen LogP contribution < -0.4 is 24.4 Å². The van der Waals surface area contributed by atoms with Gasteiger partial charge < -0.3 is 14.2 Å². The van der Waals surface area contributed by atoms with Gasteiger partial charge in [-0.1, -0.05) is 43.7 Å². The molecule has 9 heteroatoms. The van der Waals surface area contributed by atoms with E-state index in [1.165, 1.54) is 11.6 Å². The Bertz CT molecular complexity index is 1450. The van der Waals surface area contributed by atoms with Gasteiger partial charge in [0.05, 0.1) is 16.8 Å². The molecular formula is C32H33BrN2O6. The Morgan fingerprint density at radius 1 is 0.927 bits per heavy atom. The number of amides is 4. The van der Waals surface area contributed by atoms with E-state index in [1.807, 2.05) is 26.0 Å². The van der Waals surface area contributed by atoms with Gasteiger partial charge in [0.2, 0.25) is 0 Å². The molecule has 0 saturated carbocycles. The number of ether oxygens (including phenoxy) is 3. The summed E-state index contributed by atoms with van der Waals surface area (Å²) in [5.74, 6) is 0.682. The zero-order chi connectivity index (χ0) is 29.5. The number of hydrogen-bond donors (Lipinski definition) is 1. The van der Waals surface area contributed by atoms with E-state index in [2.05, 4.69) is 47.2 Å². The van der Waals surface area contributed by atoms with Crippen molar-refractivity contribution in [1.82, 2.24) is 5.32 Å². The first-order valence-corrected chi connectivity index (χ1v) is 14.3. The van der Waals surface area contributed by atoms with Gasteiger partial charge in [0.15, 0.2) is 11.5 Å². The van der Waals surface area contributed by atoms with E-state index in [9.17, 15) is 14.4 Å². The van der Waals surface area contributed by atoms with E-state index < -0.39 is 17.8 Å². The van der Waals surface area contributed by atoms with Gasteiger partial charge in [-0.05, 0) is 95.7 Å². The summed E-state index contributed by atoms with van der Waals surface area (Å²) in [6.45, 7) is 9.07.